The second kappa shape index (κ2) is 7.08. The maximum atomic E-state index is 12.2. The SMILES string of the molecule is COCCNC(=O)C[C@@]12COC[C@@H]1CN(Cc1ccsc1)C2. The third kappa shape index (κ3) is 3.51. The molecule has 1 amide bonds. The summed E-state index contributed by atoms with van der Waals surface area (Å²) in [6.45, 7) is 5.58. The summed E-state index contributed by atoms with van der Waals surface area (Å²) in [6, 6.07) is 2.18. The van der Waals surface area contributed by atoms with Crippen LogP contribution in [0.3, 0.4) is 0 Å². The highest BCUT2D eigenvalue weighted by Crippen LogP contribution is 2.44. The van der Waals surface area contributed by atoms with Crippen LogP contribution >= 0.6 is 11.3 Å². The lowest BCUT2D eigenvalue weighted by Gasteiger charge is -2.26. The van der Waals surface area contributed by atoms with Gasteiger partial charge in [-0.1, -0.05) is 0 Å². The molecule has 2 saturated heterocycles. The minimum Gasteiger partial charge on any atom is -0.383 e. The summed E-state index contributed by atoms with van der Waals surface area (Å²) in [4.78, 5) is 14.7. The lowest BCUT2D eigenvalue weighted by atomic mass is 9.78. The molecule has 2 aliphatic rings. The average molecular weight is 324 g/mol. The minimum atomic E-state index is -0.00677. The molecule has 22 heavy (non-hydrogen) atoms. The number of methoxy groups -OCH3 is 1. The van der Waals surface area contributed by atoms with Gasteiger partial charge in [-0.25, -0.2) is 0 Å². The number of carbonyl (C=O) groups excluding carboxylic acids is 1. The van der Waals surface area contributed by atoms with E-state index in [1.54, 1.807) is 18.4 Å². The molecule has 0 aliphatic carbocycles. The molecule has 1 aromatic rings. The monoisotopic (exact) mass is 324 g/mol. The van der Waals surface area contributed by atoms with Crippen molar-refractivity contribution in [3.63, 3.8) is 0 Å². The maximum Gasteiger partial charge on any atom is 0.220 e. The highest BCUT2D eigenvalue weighted by molar-refractivity contribution is 7.07. The number of hydrogen-bond donors (Lipinski definition) is 1. The maximum absolute atomic E-state index is 12.2. The first kappa shape index (κ1) is 15.9. The minimum absolute atomic E-state index is 0.00677. The van der Waals surface area contributed by atoms with Gasteiger partial charge in [-0.3, -0.25) is 9.69 Å². The Bertz CT molecular complexity index is 494. The zero-order chi connectivity index (χ0) is 15.4. The van der Waals surface area contributed by atoms with Crippen LogP contribution in [0.2, 0.25) is 0 Å². The number of likely N-dealkylation sites (tertiary alicyclic amines) is 1. The van der Waals surface area contributed by atoms with E-state index in [1.807, 2.05) is 0 Å². The van der Waals surface area contributed by atoms with Crippen molar-refractivity contribution in [3.05, 3.63) is 22.4 Å². The van der Waals surface area contributed by atoms with Crippen molar-refractivity contribution in [2.45, 2.75) is 13.0 Å². The molecule has 3 heterocycles. The molecule has 1 N–H and O–H groups in total. The van der Waals surface area contributed by atoms with Crippen LogP contribution in [0, 0.1) is 11.3 Å². The van der Waals surface area contributed by atoms with Crippen molar-refractivity contribution in [3.8, 4) is 0 Å². The largest absolute Gasteiger partial charge is 0.383 e. The molecule has 3 rings (SSSR count). The molecule has 0 spiro atoms. The van der Waals surface area contributed by atoms with Crippen LogP contribution in [0.1, 0.15) is 12.0 Å². The van der Waals surface area contributed by atoms with Crippen LogP contribution in [-0.2, 0) is 20.8 Å². The number of hydrogen-bond acceptors (Lipinski definition) is 5. The fraction of sp³-hybridized carbons (Fsp3) is 0.688. The molecule has 6 heteroatoms. The fourth-order valence-corrected chi connectivity index (χ4v) is 4.29. The summed E-state index contributed by atoms with van der Waals surface area (Å²) in [7, 11) is 1.64. The van der Waals surface area contributed by atoms with Crippen molar-refractivity contribution in [1.29, 1.82) is 0 Å². The predicted molar refractivity (Wildman–Crippen MR) is 85.8 cm³/mol. The molecular formula is C16H24N2O3S. The Hall–Kier alpha value is -0.950. The first-order valence-electron chi connectivity index (χ1n) is 7.79. The third-order valence-corrected chi connectivity index (χ3v) is 5.45. The summed E-state index contributed by atoms with van der Waals surface area (Å²) in [5.74, 6) is 0.587. The standard InChI is InChI=1S/C16H24N2O3S/c1-20-4-3-17-15(19)6-16-11-18(7-13-2-5-22-10-13)8-14(16)9-21-12-16/h2,5,10,14H,3-4,6-9,11-12H2,1H3,(H,17,19)/t14-,16+/m0/s1. The molecule has 0 unspecified atom stereocenters. The second-order valence-electron chi connectivity index (χ2n) is 6.40. The van der Waals surface area contributed by atoms with Crippen molar-refractivity contribution in [1.82, 2.24) is 10.2 Å². The van der Waals surface area contributed by atoms with E-state index < -0.39 is 0 Å². The van der Waals surface area contributed by atoms with Gasteiger partial charge in [0.05, 0.1) is 19.8 Å². The molecule has 0 saturated carbocycles. The van der Waals surface area contributed by atoms with Crippen LogP contribution in [0.25, 0.3) is 0 Å². The Morgan fingerprint density at radius 1 is 1.64 bits per heavy atom. The number of fused-ring (bicyclic) bond motifs is 1. The van der Waals surface area contributed by atoms with Crippen molar-refractivity contribution < 1.29 is 14.3 Å². The summed E-state index contributed by atoms with van der Waals surface area (Å²) >= 11 is 1.74. The van der Waals surface area contributed by atoms with Gasteiger partial charge >= 0.3 is 0 Å². The van der Waals surface area contributed by atoms with Gasteiger partial charge < -0.3 is 14.8 Å². The molecule has 1 aromatic heterocycles. The predicted octanol–water partition coefficient (Wildman–Crippen LogP) is 1.35. The van der Waals surface area contributed by atoms with E-state index in [2.05, 4.69) is 27.0 Å². The molecule has 5 nitrogen and oxygen atoms in total. The summed E-state index contributed by atoms with van der Waals surface area (Å²) in [5, 5.41) is 7.26. The van der Waals surface area contributed by atoms with E-state index in [9.17, 15) is 4.79 Å². The lowest BCUT2D eigenvalue weighted by molar-refractivity contribution is -0.123. The van der Waals surface area contributed by atoms with Crippen LogP contribution in [0.15, 0.2) is 16.8 Å². The summed E-state index contributed by atoms with van der Waals surface area (Å²) < 4.78 is 10.7. The number of nitrogens with zero attached hydrogens (tertiary/aromatic N) is 1. The van der Waals surface area contributed by atoms with E-state index in [-0.39, 0.29) is 11.3 Å². The van der Waals surface area contributed by atoms with E-state index in [0.717, 1.165) is 26.2 Å². The summed E-state index contributed by atoms with van der Waals surface area (Å²) in [6.07, 6.45) is 0.557. The number of carbonyl (C=O) groups is 1. The number of nitrogens with one attached hydrogen (secondary N) is 1. The smallest absolute Gasteiger partial charge is 0.220 e. The number of thiophene rings is 1. The Morgan fingerprint density at radius 2 is 2.55 bits per heavy atom. The van der Waals surface area contributed by atoms with Crippen LogP contribution in [-0.4, -0.2) is 57.4 Å². The normalized spacial score (nSPS) is 28.0. The topological polar surface area (TPSA) is 50.8 Å². The Balaban J connectivity index is 1.57. The zero-order valence-corrected chi connectivity index (χ0v) is 13.9. The van der Waals surface area contributed by atoms with E-state index in [0.29, 0.717) is 32.1 Å². The van der Waals surface area contributed by atoms with Crippen LogP contribution in [0.4, 0.5) is 0 Å². The highest BCUT2D eigenvalue weighted by atomic mass is 32.1. The van der Waals surface area contributed by atoms with Gasteiger partial charge in [0.15, 0.2) is 0 Å². The first-order valence-corrected chi connectivity index (χ1v) is 8.73. The van der Waals surface area contributed by atoms with Gasteiger partial charge in [-0.05, 0) is 22.4 Å². The number of ether oxygens (including phenoxy) is 2. The van der Waals surface area contributed by atoms with Gasteiger partial charge in [-0.15, -0.1) is 0 Å². The Morgan fingerprint density at radius 3 is 3.32 bits per heavy atom. The number of amides is 1. The van der Waals surface area contributed by atoms with Crippen LogP contribution < -0.4 is 5.32 Å². The molecule has 122 valence electrons. The van der Waals surface area contributed by atoms with E-state index in [1.165, 1.54) is 5.56 Å². The summed E-state index contributed by atoms with van der Waals surface area (Å²) in [5.41, 5.74) is 1.36. The van der Waals surface area contributed by atoms with Gasteiger partial charge in [0, 0.05) is 51.0 Å². The van der Waals surface area contributed by atoms with Crippen LogP contribution in [0.5, 0.6) is 0 Å². The molecule has 2 aliphatic heterocycles. The zero-order valence-electron chi connectivity index (χ0n) is 13.0. The van der Waals surface area contributed by atoms with Gasteiger partial charge in [0.2, 0.25) is 5.91 Å². The molecule has 0 bridgehead atoms. The lowest BCUT2D eigenvalue weighted by Crippen LogP contribution is -2.38. The van der Waals surface area contributed by atoms with Gasteiger partial charge in [0.25, 0.3) is 0 Å². The first-order chi connectivity index (χ1) is 10.7. The molecule has 2 atom stereocenters. The van der Waals surface area contributed by atoms with Crippen molar-refractivity contribution >= 4 is 17.2 Å². The van der Waals surface area contributed by atoms with Crippen molar-refractivity contribution in [2.24, 2.45) is 11.3 Å². The van der Waals surface area contributed by atoms with Gasteiger partial charge in [-0.2, -0.15) is 11.3 Å². The number of rotatable bonds is 7. The quantitative estimate of drug-likeness (QED) is 0.769. The molecule has 0 radical (unpaired) electrons. The third-order valence-electron chi connectivity index (χ3n) is 4.72. The van der Waals surface area contributed by atoms with Gasteiger partial charge in [0.1, 0.15) is 0 Å². The highest BCUT2D eigenvalue weighted by Gasteiger charge is 2.51. The average Bonchev–Trinajstić information content (AvgIpc) is 3.15. The van der Waals surface area contributed by atoms with E-state index in [4.69, 9.17) is 9.47 Å². The Labute approximate surface area is 135 Å². The molecule has 2 fully saturated rings. The van der Waals surface area contributed by atoms with E-state index >= 15 is 0 Å². The Kier molecular flexibility index (Phi) is 5.13. The fourth-order valence-electron chi connectivity index (χ4n) is 3.63. The second-order valence-corrected chi connectivity index (χ2v) is 7.18. The van der Waals surface area contributed by atoms with Crippen molar-refractivity contribution in [2.75, 3.05) is 46.6 Å². The molecule has 0 aromatic carbocycles. The molecular weight excluding hydrogens is 300 g/mol.